The molecule has 2 aromatic rings. The number of aryl methyl sites for hydroxylation is 1. The van der Waals surface area contributed by atoms with E-state index >= 15 is 0 Å². The second kappa shape index (κ2) is 5.33. The summed E-state index contributed by atoms with van der Waals surface area (Å²) in [6.07, 6.45) is 1.60. The average molecular weight is 237 g/mol. The van der Waals surface area contributed by atoms with Crippen LogP contribution in [0.3, 0.4) is 0 Å². The van der Waals surface area contributed by atoms with Crippen molar-refractivity contribution in [3.63, 3.8) is 0 Å². The fourth-order valence-corrected chi connectivity index (χ4v) is 1.84. The van der Waals surface area contributed by atoms with E-state index in [1.165, 1.54) is 11.1 Å². The minimum Gasteiger partial charge on any atom is -0.355 e. The molecule has 1 heterocycles. The lowest BCUT2D eigenvalue weighted by molar-refractivity contribution is 0.896. The number of aromatic nitrogens is 1. The summed E-state index contributed by atoms with van der Waals surface area (Å²) in [6, 6.07) is 14.1. The lowest BCUT2D eigenvalue weighted by Gasteiger charge is -2.18. The van der Waals surface area contributed by atoms with Crippen LogP contribution in [0.5, 0.6) is 0 Å². The zero-order valence-electron chi connectivity index (χ0n) is 10.6. The molecule has 0 bridgehead atoms. The van der Waals surface area contributed by atoms with Crippen LogP contribution in [-0.2, 0) is 6.54 Å². The maximum atomic E-state index is 8.73. The lowest BCUT2D eigenvalue weighted by Crippen LogP contribution is -2.17. The predicted molar refractivity (Wildman–Crippen MR) is 72.2 cm³/mol. The number of nitrogens with zero attached hydrogens (tertiary/aromatic N) is 3. The van der Waals surface area contributed by atoms with Gasteiger partial charge in [0.25, 0.3) is 0 Å². The summed E-state index contributed by atoms with van der Waals surface area (Å²) in [6.45, 7) is 2.89. The molecule has 3 nitrogen and oxygen atoms in total. The zero-order valence-corrected chi connectivity index (χ0v) is 10.6. The first-order valence-electron chi connectivity index (χ1n) is 5.82. The fourth-order valence-electron chi connectivity index (χ4n) is 1.84. The van der Waals surface area contributed by atoms with Crippen LogP contribution in [0.2, 0.25) is 0 Å². The number of hydrogen-bond donors (Lipinski definition) is 0. The normalized spacial score (nSPS) is 9.83. The molecule has 1 aromatic heterocycles. The second-order valence-corrected chi connectivity index (χ2v) is 4.36. The van der Waals surface area contributed by atoms with Crippen molar-refractivity contribution >= 4 is 5.82 Å². The summed E-state index contributed by atoms with van der Waals surface area (Å²) in [5.74, 6) is 0.871. The maximum absolute atomic E-state index is 8.73. The third kappa shape index (κ3) is 2.86. The topological polar surface area (TPSA) is 39.9 Å². The van der Waals surface area contributed by atoms with Crippen LogP contribution in [0.1, 0.15) is 16.7 Å². The van der Waals surface area contributed by atoms with E-state index in [1.807, 2.05) is 13.1 Å². The van der Waals surface area contributed by atoms with Gasteiger partial charge in [0.2, 0.25) is 0 Å². The van der Waals surface area contributed by atoms with Crippen molar-refractivity contribution in [2.45, 2.75) is 13.5 Å². The summed E-state index contributed by atoms with van der Waals surface area (Å²) in [4.78, 5) is 6.34. The van der Waals surface area contributed by atoms with Gasteiger partial charge in [0.1, 0.15) is 11.9 Å². The molecule has 0 saturated carbocycles. The molecule has 18 heavy (non-hydrogen) atoms. The van der Waals surface area contributed by atoms with Crippen molar-refractivity contribution in [3.05, 3.63) is 59.3 Å². The highest BCUT2D eigenvalue weighted by Crippen LogP contribution is 2.13. The van der Waals surface area contributed by atoms with Crippen molar-refractivity contribution in [1.82, 2.24) is 4.98 Å². The van der Waals surface area contributed by atoms with Crippen molar-refractivity contribution in [2.24, 2.45) is 0 Å². The van der Waals surface area contributed by atoms with E-state index in [0.717, 1.165) is 12.4 Å². The van der Waals surface area contributed by atoms with Gasteiger partial charge in [-0.05, 0) is 24.6 Å². The Kier molecular flexibility index (Phi) is 3.59. The molecule has 0 spiro atoms. The first-order valence-corrected chi connectivity index (χ1v) is 5.82. The standard InChI is InChI=1S/C15H15N3/c1-12-4-3-5-13(8-12)11-18(2)15-7-6-14(9-16)10-17-15/h3-8,10H,11H2,1-2H3. The molecule has 3 heteroatoms. The number of benzene rings is 1. The van der Waals surface area contributed by atoms with Crippen LogP contribution in [0, 0.1) is 18.3 Å². The van der Waals surface area contributed by atoms with Crippen LogP contribution in [0.25, 0.3) is 0 Å². The molecule has 1 aromatic carbocycles. The monoisotopic (exact) mass is 237 g/mol. The van der Waals surface area contributed by atoms with E-state index in [4.69, 9.17) is 5.26 Å². The molecule has 0 fully saturated rings. The Bertz CT molecular complexity index is 567. The van der Waals surface area contributed by atoms with Crippen LogP contribution in [0.4, 0.5) is 5.82 Å². The largest absolute Gasteiger partial charge is 0.355 e. The Labute approximate surface area is 107 Å². The van der Waals surface area contributed by atoms with E-state index in [0.29, 0.717) is 5.56 Å². The van der Waals surface area contributed by atoms with E-state index < -0.39 is 0 Å². The van der Waals surface area contributed by atoms with E-state index in [-0.39, 0.29) is 0 Å². The van der Waals surface area contributed by atoms with Gasteiger partial charge >= 0.3 is 0 Å². The van der Waals surface area contributed by atoms with Gasteiger partial charge in [-0.2, -0.15) is 5.26 Å². The molecule has 90 valence electrons. The van der Waals surface area contributed by atoms with Gasteiger partial charge in [-0.1, -0.05) is 29.8 Å². The minimum atomic E-state index is 0.586. The summed E-state index contributed by atoms with van der Waals surface area (Å²) in [5.41, 5.74) is 3.10. The highest BCUT2D eigenvalue weighted by Gasteiger charge is 2.03. The van der Waals surface area contributed by atoms with Gasteiger partial charge in [-0.3, -0.25) is 0 Å². The molecule has 0 atom stereocenters. The van der Waals surface area contributed by atoms with Gasteiger partial charge in [0.05, 0.1) is 5.56 Å². The average Bonchev–Trinajstić information content (AvgIpc) is 2.39. The van der Waals surface area contributed by atoms with Crippen LogP contribution in [-0.4, -0.2) is 12.0 Å². The first kappa shape index (κ1) is 12.1. The fraction of sp³-hybridized carbons (Fsp3) is 0.200. The molecule has 0 saturated heterocycles. The molecule has 0 aliphatic carbocycles. The lowest BCUT2D eigenvalue weighted by atomic mass is 10.1. The van der Waals surface area contributed by atoms with Gasteiger partial charge in [0.15, 0.2) is 0 Å². The van der Waals surface area contributed by atoms with Crippen molar-refractivity contribution in [1.29, 1.82) is 5.26 Å². The number of nitriles is 1. The number of anilines is 1. The minimum absolute atomic E-state index is 0.586. The Morgan fingerprint density at radius 1 is 1.28 bits per heavy atom. The molecule has 0 radical (unpaired) electrons. The van der Waals surface area contributed by atoms with E-state index in [2.05, 4.69) is 47.1 Å². The highest BCUT2D eigenvalue weighted by atomic mass is 15.2. The van der Waals surface area contributed by atoms with Gasteiger partial charge in [-0.15, -0.1) is 0 Å². The Hall–Kier alpha value is -2.34. The van der Waals surface area contributed by atoms with Gasteiger partial charge < -0.3 is 4.90 Å². The first-order chi connectivity index (χ1) is 8.69. The Morgan fingerprint density at radius 2 is 2.11 bits per heavy atom. The molecular formula is C15H15N3. The number of hydrogen-bond acceptors (Lipinski definition) is 3. The van der Waals surface area contributed by atoms with E-state index in [1.54, 1.807) is 12.3 Å². The van der Waals surface area contributed by atoms with Crippen molar-refractivity contribution in [2.75, 3.05) is 11.9 Å². The van der Waals surface area contributed by atoms with Gasteiger partial charge in [0, 0.05) is 19.8 Å². The molecule has 0 aliphatic heterocycles. The molecule has 0 unspecified atom stereocenters. The highest BCUT2D eigenvalue weighted by molar-refractivity contribution is 5.42. The third-order valence-corrected chi connectivity index (χ3v) is 2.77. The summed E-state index contributed by atoms with van der Waals surface area (Å²) < 4.78 is 0. The summed E-state index contributed by atoms with van der Waals surface area (Å²) in [5, 5.41) is 8.73. The smallest absolute Gasteiger partial charge is 0.128 e. The maximum Gasteiger partial charge on any atom is 0.128 e. The number of pyridine rings is 1. The molecule has 0 aliphatic rings. The van der Waals surface area contributed by atoms with Crippen molar-refractivity contribution < 1.29 is 0 Å². The molecular weight excluding hydrogens is 222 g/mol. The Morgan fingerprint density at radius 3 is 2.72 bits per heavy atom. The van der Waals surface area contributed by atoms with Crippen LogP contribution in [0.15, 0.2) is 42.6 Å². The third-order valence-electron chi connectivity index (χ3n) is 2.77. The van der Waals surface area contributed by atoms with Crippen LogP contribution < -0.4 is 4.90 Å². The SMILES string of the molecule is Cc1cccc(CN(C)c2ccc(C#N)cn2)c1. The number of rotatable bonds is 3. The molecule has 0 amide bonds. The van der Waals surface area contributed by atoms with Crippen molar-refractivity contribution in [3.8, 4) is 6.07 Å². The summed E-state index contributed by atoms with van der Waals surface area (Å²) >= 11 is 0. The summed E-state index contributed by atoms with van der Waals surface area (Å²) in [7, 11) is 2.00. The Balaban J connectivity index is 2.12. The quantitative estimate of drug-likeness (QED) is 0.824. The van der Waals surface area contributed by atoms with E-state index in [9.17, 15) is 0 Å². The zero-order chi connectivity index (χ0) is 13.0. The predicted octanol–water partition coefficient (Wildman–Crippen LogP) is 2.90. The second-order valence-electron chi connectivity index (χ2n) is 4.36. The van der Waals surface area contributed by atoms with Gasteiger partial charge in [-0.25, -0.2) is 4.98 Å². The molecule has 2 rings (SSSR count). The van der Waals surface area contributed by atoms with Crippen LogP contribution >= 0.6 is 0 Å². The molecule has 0 N–H and O–H groups in total.